The minimum Gasteiger partial charge on any atom is -0.481 e. The maximum atomic E-state index is 16.3. The van der Waals surface area contributed by atoms with E-state index in [1.165, 1.54) is 76.2 Å². The molecule has 0 unspecified atom stereocenters. The topological polar surface area (TPSA) is 465 Å². The number of carbonyl (C=O) groups is 16. The summed E-state index contributed by atoms with van der Waals surface area (Å²) in [4.78, 5) is 233. The molecule has 0 spiro atoms. The number of imide groups is 2. The molecule has 0 radical (unpaired) electrons. The first kappa shape index (κ1) is 99.7. The number of hydrogen-bond acceptors (Lipinski definition) is 20. The van der Waals surface area contributed by atoms with Crippen molar-refractivity contribution >= 4 is 152 Å². The summed E-state index contributed by atoms with van der Waals surface area (Å²) in [6, 6.07) is 38.9. The van der Waals surface area contributed by atoms with E-state index in [9.17, 15) is 48.3 Å². The van der Waals surface area contributed by atoms with Crippen LogP contribution in [-0.4, -0.2) is 207 Å². The van der Waals surface area contributed by atoms with Gasteiger partial charge in [0.25, 0.3) is 11.8 Å². The van der Waals surface area contributed by atoms with Crippen molar-refractivity contribution in [3.63, 3.8) is 0 Å². The molecule has 8 aromatic carbocycles. The predicted octanol–water partition coefficient (Wildman–Crippen LogP) is 5.33. The molecule has 15 amide bonds. The van der Waals surface area contributed by atoms with Gasteiger partial charge in [0.15, 0.2) is 0 Å². The Morgan fingerprint density at radius 3 is 0.969 bits per heavy atom. The van der Waals surface area contributed by atoms with Crippen molar-refractivity contribution in [2.45, 2.75) is 173 Å². The largest absolute Gasteiger partial charge is 0.481 e. The lowest BCUT2D eigenvalue weighted by molar-refractivity contribution is -0.144. The second kappa shape index (κ2) is 43.3. The van der Waals surface area contributed by atoms with E-state index in [-0.39, 0.29) is 0 Å². The number of carboxylic acids is 1. The van der Waals surface area contributed by atoms with Crippen LogP contribution in [0.1, 0.15) is 124 Å². The van der Waals surface area contributed by atoms with Gasteiger partial charge in [-0.05, 0) is 142 Å². The van der Waals surface area contributed by atoms with E-state index >= 15 is 33.6 Å². The van der Waals surface area contributed by atoms with Gasteiger partial charge in [-0.2, -0.15) is 0 Å². The third kappa shape index (κ3) is 24.0. The molecule has 0 aliphatic heterocycles. The summed E-state index contributed by atoms with van der Waals surface area (Å²) >= 11 is 13.6. The minimum absolute atomic E-state index is 0.420. The summed E-state index contributed by atoms with van der Waals surface area (Å²) < 4.78 is 12.6. The fourth-order valence-corrected chi connectivity index (χ4v) is 23.3. The Kier molecular flexibility index (Phi) is 33.0. The van der Waals surface area contributed by atoms with Gasteiger partial charge in [-0.25, -0.2) is 19.4 Å². The lowest BCUT2D eigenvalue weighted by Gasteiger charge is -2.36. The van der Waals surface area contributed by atoms with Crippen LogP contribution in [0.15, 0.2) is 218 Å². The second-order valence-corrected chi connectivity index (χ2v) is 42.8. The Bertz CT molecular complexity index is 5620. The van der Waals surface area contributed by atoms with E-state index in [2.05, 4.69) is 53.2 Å². The average Bonchev–Trinajstić information content (AvgIpc) is 1.68. The molecular weight excluding hydrogens is 1750 g/mol. The standard InChI is InChI=1S/C95H107N13O19P2S2/c1-54(80(96)112)102-90(122)94(9,10)106-84(116)58(5)99-85(117)76(49-79(110)111)104-87(119)78(53-129(131,64-37-21-15-22-38-64)65-39-23-16-24-40-65)108(93(125)127-51-75-72-47-31-27-43-68(72)69-44-28-32-48-73(69)75)88(120)59(6)101-82(114)56(3)100-86(118)77(52-128(130,62-33-17-13-18-34-62)63-35-19-14-20-36-63)107(92(124)126-50-74-70-45-29-25-41-66(70)67-42-26-30-46-71(67)74)89(121)60(7)103-91(123)95(11,12)105-83(115)57(4)98-81(113)55(2)97-61(8)109/h13-48,54-60,74-78H,49-53H2,1-12H3,(H2,96,112)(H,97,109)(H,98,113)(H,99,117)(H,100,118)(H,101,114)(H,102,122)(H,103,123)(H,104,119)(H,105,115)(H,106,116)(H,110,111)/t54-,55-,56-,57-,58-,59-,60-,76-,77+,78-/m0/s1. The Labute approximate surface area is 768 Å². The van der Waals surface area contributed by atoms with Gasteiger partial charge in [0, 0.05) is 43.2 Å². The highest BCUT2D eigenvalue weighted by molar-refractivity contribution is 8.22. The van der Waals surface area contributed by atoms with Gasteiger partial charge in [-0.1, -0.05) is 242 Å². The second-order valence-electron chi connectivity index (χ2n) is 33.3. The highest BCUT2D eigenvalue weighted by Crippen LogP contribution is 2.49. The summed E-state index contributed by atoms with van der Waals surface area (Å²) in [5.41, 5.74) is 7.90. The Morgan fingerprint density at radius 2 is 0.641 bits per heavy atom. The van der Waals surface area contributed by atoms with Gasteiger partial charge in [-0.15, -0.1) is 0 Å². The molecule has 131 heavy (non-hydrogen) atoms. The number of nitrogens with two attached hydrogens (primary N) is 1. The van der Waals surface area contributed by atoms with Gasteiger partial charge in [0.1, 0.15) is 84.7 Å². The number of nitrogens with zero attached hydrogens (tertiary/aromatic N) is 2. The van der Waals surface area contributed by atoms with Gasteiger partial charge in [-0.3, -0.25) is 67.1 Å². The van der Waals surface area contributed by atoms with E-state index < -0.39 is 222 Å². The number of nitrogens with one attached hydrogen (secondary N) is 10. The van der Waals surface area contributed by atoms with Crippen LogP contribution in [0.3, 0.4) is 0 Å². The molecule has 0 heterocycles. The van der Waals surface area contributed by atoms with Crippen LogP contribution in [0.5, 0.6) is 0 Å². The predicted molar refractivity (Wildman–Crippen MR) is 501 cm³/mol. The quantitative estimate of drug-likeness (QED) is 0.0218. The number of carboxylic acid groups (broad SMARTS) is 1. The minimum atomic E-state index is -3.63. The molecule has 8 aromatic rings. The number of carbonyl (C=O) groups excluding carboxylic acids is 15. The van der Waals surface area contributed by atoms with Crippen LogP contribution in [0.2, 0.25) is 0 Å². The molecule has 688 valence electrons. The Morgan fingerprint density at radius 1 is 0.366 bits per heavy atom. The zero-order chi connectivity index (χ0) is 95.7. The van der Waals surface area contributed by atoms with Gasteiger partial charge in [0.05, 0.1) is 6.42 Å². The van der Waals surface area contributed by atoms with Crippen LogP contribution in [0, 0.1) is 0 Å². The summed E-state index contributed by atoms with van der Waals surface area (Å²) in [6.45, 7) is 14.2. The maximum absolute atomic E-state index is 16.3. The van der Waals surface area contributed by atoms with Crippen LogP contribution in [0.25, 0.3) is 22.3 Å². The molecule has 10 rings (SSSR count). The first-order valence-corrected chi connectivity index (χ1v) is 48.3. The van der Waals surface area contributed by atoms with Crippen molar-refractivity contribution in [2.24, 2.45) is 5.73 Å². The van der Waals surface area contributed by atoms with E-state index in [4.69, 9.17) is 38.8 Å². The number of rotatable bonds is 38. The fraction of sp³-hybridized carbons (Fsp3) is 0.326. The highest BCUT2D eigenvalue weighted by Gasteiger charge is 2.48. The van der Waals surface area contributed by atoms with Gasteiger partial charge >= 0.3 is 18.2 Å². The zero-order valence-electron chi connectivity index (χ0n) is 74.2. The fourth-order valence-electron chi connectivity index (χ4n) is 15.3. The van der Waals surface area contributed by atoms with E-state index in [1.807, 2.05) is 72.8 Å². The molecule has 10 atom stereocenters. The molecule has 0 saturated carbocycles. The summed E-state index contributed by atoms with van der Waals surface area (Å²) in [5.74, 6) is -16.6. The number of primary amides is 1. The van der Waals surface area contributed by atoms with E-state index in [1.54, 1.807) is 146 Å². The van der Waals surface area contributed by atoms with Crippen molar-refractivity contribution in [1.82, 2.24) is 63.0 Å². The molecule has 0 bridgehead atoms. The lowest BCUT2D eigenvalue weighted by Crippen LogP contribution is -2.64. The summed E-state index contributed by atoms with van der Waals surface area (Å²) in [6.07, 6.45) is -5.38. The van der Waals surface area contributed by atoms with Crippen molar-refractivity contribution in [3.05, 3.63) is 241 Å². The monoisotopic (exact) mass is 1860 g/mol. The van der Waals surface area contributed by atoms with Crippen LogP contribution in [-0.2, 0) is 100 Å². The molecule has 2 aliphatic rings. The summed E-state index contributed by atoms with van der Waals surface area (Å²) in [7, 11) is 0. The lowest BCUT2D eigenvalue weighted by atomic mass is 9.98. The number of hydrogen-bond donors (Lipinski definition) is 12. The number of aliphatic carboxylic acids is 1. The maximum Gasteiger partial charge on any atom is 0.417 e. The SMILES string of the molecule is CC(=O)N[C@@H](C)C(=O)N[C@@H](C)C(=O)NC(C)(C)C(=O)N[C@@H](C)C(=O)N(C(=O)OCC1c2ccccc2-c2ccccc21)[C@H](CP(=S)(c1ccccc1)c1ccccc1)C(=O)N[C@@H](C)C(=O)N[C@@H](C)C(=O)N(C(=O)OCC1c2ccccc2-c2ccccc21)[C@@H](CP(=S)(c1ccccc1)c1ccccc1)C(=O)N[C@@H](CC(=O)O)C(=O)N[C@@H](C)C(=O)NC(C)(C)C(=O)N[C@@H](C)C(N)=O. The van der Waals surface area contributed by atoms with Gasteiger partial charge in [0.2, 0.25) is 65.0 Å². The van der Waals surface area contributed by atoms with Crippen molar-refractivity contribution in [2.75, 3.05) is 25.5 Å². The first-order valence-electron chi connectivity index (χ1n) is 42.3. The Hall–Kier alpha value is -13.4. The molecule has 0 aromatic heterocycles. The molecule has 36 heteroatoms. The van der Waals surface area contributed by atoms with Crippen LogP contribution < -0.4 is 80.1 Å². The molecular formula is C95H107N13O19P2S2. The van der Waals surface area contributed by atoms with E-state index in [0.717, 1.165) is 40.3 Å². The average molecular weight is 1860 g/mol. The molecule has 13 N–H and O–H groups in total. The van der Waals surface area contributed by atoms with Crippen LogP contribution >= 0.6 is 12.1 Å². The molecule has 0 fully saturated rings. The third-order valence-electron chi connectivity index (χ3n) is 22.6. The Balaban J connectivity index is 1.04. The van der Waals surface area contributed by atoms with Crippen molar-refractivity contribution in [1.29, 1.82) is 0 Å². The highest BCUT2D eigenvalue weighted by atomic mass is 32.4. The van der Waals surface area contributed by atoms with Gasteiger partial charge < -0.3 is 73.5 Å². The smallest absolute Gasteiger partial charge is 0.417 e. The van der Waals surface area contributed by atoms with E-state index in [0.29, 0.717) is 42.1 Å². The van der Waals surface area contributed by atoms with Crippen molar-refractivity contribution < 1.29 is 91.3 Å². The van der Waals surface area contributed by atoms with Crippen LogP contribution in [0.4, 0.5) is 9.59 Å². The first-order chi connectivity index (χ1) is 62.0. The molecule has 32 nitrogen and oxygen atoms in total. The number of benzene rings is 8. The number of ether oxygens (including phenoxy) is 2. The molecule has 0 saturated heterocycles. The normalized spacial score (nSPS) is 14.5. The molecule has 2 aliphatic carbocycles. The van der Waals surface area contributed by atoms with Crippen molar-refractivity contribution in [3.8, 4) is 22.3 Å². The third-order valence-corrected chi connectivity index (χ3v) is 32.3. The summed E-state index contributed by atoms with van der Waals surface area (Å²) in [5, 5.41) is 37.3. The zero-order valence-corrected chi connectivity index (χ0v) is 77.6. The number of fused-ring (bicyclic) bond motifs is 6. The number of amides is 15.